The molecule has 1 nitrogen and oxygen atoms in total. The third kappa shape index (κ3) is 1.57. The average molecular weight is 231 g/mol. The molecule has 0 aliphatic rings. The van der Waals surface area contributed by atoms with Crippen molar-refractivity contribution in [3.8, 4) is 0 Å². The van der Waals surface area contributed by atoms with Gasteiger partial charge in [0.05, 0.1) is 4.21 Å². The summed E-state index contributed by atoms with van der Waals surface area (Å²) in [5, 5.41) is 0.863. The number of benzene rings is 1. The number of nitrogen functional groups attached to an aromatic ring is 1. The third-order valence-corrected chi connectivity index (χ3v) is 3.25. The maximum absolute atomic E-state index is 12.5. The Balaban J connectivity index is 2.70. The molecule has 14 heavy (non-hydrogen) atoms. The van der Waals surface area contributed by atoms with E-state index in [1.807, 2.05) is 6.07 Å². The highest BCUT2D eigenvalue weighted by Gasteiger charge is 2.13. The van der Waals surface area contributed by atoms with Gasteiger partial charge in [-0.3, -0.25) is 0 Å². The number of thiol groups is 1. The Morgan fingerprint density at radius 3 is 2.64 bits per heavy atom. The van der Waals surface area contributed by atoms with Crippen LogP contribution in [0.1, 0.15) is 12.0 Å². The molecule has 0 radical (unpaired) electrons. The van der Waals surface area contributed by atoms with Crippen LogP contribution in [-0.2, 0) is 0 Å². The van der Waals surface area contributed by atoms with E-state index in [4.69, 9.17) is 5.73 Å². The predicted molar refractivity (Wildman–Crippen MR) is 58.4 cm³/mol. The maximum atomic E-state index is 12.5. The third-order valence-electron chi connectivity index (χ3n) is 1.94. The minimum Gasteiger partial charge on any atom is -0.398 e. The van der Waals surface area contributed by atoms with E-state index in [9.17, 15) is 8.78 Å². The monoisotopic (exact) mass is 231 g/mol. The van der Waals surface area contributed by atoms with E-state index in [-0.39, 0.29) is 11.3 Å². The Kier molecular flexibility index (Phi) is 2.36. The molecule has 1 aromatic heterocycles. The molecule has 1 heterocycles. The molecule has 2 N–H and O–H groups in total. The van der Waals surface area contributed by atoms with E-state index >= 15 is 0 Å². The number of rotatable bonds is 1. The van der Waals surface area contributed by atoms with Gasteiger partial charge in [0.25, 0.3) is 6.43 Å². The lowest BCUT2D eigenvalue weighted by atomic mass is 10.1. The first-order valence-corrected chi connectivity index (χ1v) is 5.14. The van der Waals surface area contributed by atoms with Gasteiger partial charge in [-0.1, -0.05) is 0 Å². The van der Waals surface area contributed by atoms with Gasteiger partial charge < -0.3 is 5.73 Å². The highest BCUT2D eigenvalue weighted by molar-refractivity contribution is 7.83. The zero-order valence-corrected chi connectivity index (χ0v) is 8.71. The van der Waals surface area contributed by atoms with E-state index in [0.29, 0.717) is 0 Å². The molecule has 2 rings (SSSR count). The van der Waals surface area contributed by atoms with Gasteiger partial charge in [-0.25, -0.2) is 8.78 Å². The summed E-state index contributed by atoms with van der Waals surface area (Å²) in [7, 11) is 0. The van der Waals surface area contributed by atoms with Gasteiger partial charge in [0.2, 0.25) is 0 Å². The summed E-state index contributed by atoms with van der Waals surface area (Å²) in [4.78, 5) is 0. The SMILES string of the molecule is Nc1cc2cc(S)sc2cc1C(F)F. The van der Waals surface area contributed by atoms with Crippen molar-refractivity contribution < 1.29 is 8.78 Å². The Labute approximate surface area is 88.9 Å². The van der Waals surface area contributed by atoms with Crippen molar-refractivity contribution in [1.82, 2.24) is 0 Å². The van der Waals surface area contributed by atoms with Crippen LogP contribution in [-0.4, -0.2) is 0 Å². The standard InChI is InChI=1S/C9H7F2NS2/c10-9(11)5-3-7-4(1-6(5)12)2-8(13)14-7/h1-3,9,13H,12H2. The smallest absolute Gasteiger partial charge is 0.265 e. The number of alkyl halides is 2. The maximum Gasteiger partial charge on any atom is 0.265 e. The van der Waals surface area contributed by atoms with Crippen LogP contribution in [0.3, 0.4) is 0 Å². The van der Waals surface area contributed by atoms with Crippen LogP contribution in [0.4, 0.5) is 14.5 Å². The molecule has 74 valence electrons. The summed E-state index contributed by atoms with van der Waals surface area (Å²) in [6, 6.07) is 4.81. The van der Waals surface area contributed by atoms with Crippen LogP contribution in [0.25, 0.3) is 10.1 Å². The Morgan fingerprint density at radius 2 is 2.00 bits per heavy atom. The van der Waals surface area contributed by atoms with E-state index in [1.165, 1.54) is 17.4 Å². The molecule has 1 aromatic carbocycles. The van der Waals surface area contributed by atoms with Gasteiger partial charge >= 0.3 is 0 Å². The quantitative estimate of drug-likeness (QED) is 0.568. The van der Waals surface area contributed by atoms with Crippen molar-refractivity contribution in [3.63, 3.8) is 0 Å². The number of thiophene rings is 1. The Morgan fingerprint density at radius 1 is 1.29 bits per heavy atom. The van der Waals surface area contributed by atoms with Crippen LogP contribution in [0, 0.1) is 0 Å². The van der Waals surface area contributed by atoms with Crippen LogP contribution < -0.4 is 5.73 Å². The molecule has 0 fully saturated rings. The average Bonchev–Trinajstić information content (AvgIpc) is 2.42. The van der Waals surface area contributed by atoms with Crippen molar-refractivity contribution in [2.24, 2.45) is 0 Å². The number of hydrogen-bond acceptors (Lipinski definition) is 3. The number of hydrogen-bond donors (Lipinski definition) is 2. The van der Waals surface area contributed by atoms with Crippen LogP contribution in [0.5, 0.6) is 0 Å². The lowest BCUT2D eigenvalue weighted by Crippen LogP contribution is -1.93. The molecule has 0 amide bonds. The minimum atomic E-state index is -2.52. The molecule has 0 spiro atoms. The van der Waals surface area contributed by atoms with E-state index in [0.717, 1.165) is 14.3 Å². The molecule has 0 bridgehead atoms. The van der Waals surface area contributed by atoms with Crippen molar-refractivity contribution in [1.29, 1.82) is 0 Å². The summed E-state index contributed by atoms with van der Waals surface area (Å²) < 4.78 is 26.5. The summed E-state index contributed by atoms with van der Waals surface area (Å²) in [5.41, 5.74) is 5.53. The van der Waals surface area contributed by atoms with Crippen molar-refractivity contribution >= 4 is 39.7 Å². The van der Waals surface area contributed by atoms with Gasteiger partial charge in [0.15, 0.2) is 0 Å². The molecule has 0 saturated carbocycles. The van der Waals surface area contributed by atoms with Gasteiger partial charge in [-0.2, -0.15) is 0 Å². The number of fused-ring (bicyclic) bond motifs is 1. The second kappa shape index (κ2) is 3.40. The molecule has 0 unspecified atom stereocenters. The molecule has 5 heteroatoms. The predicted octanol–water partition coefficient (Wildman–Crippen LogP) is 3.71. The lowest BCUT2D eigenvalue weighted by molar-refractivity contribution is 0.152. The summed E-state index contributed by atoms with van der Waals surface area (Å²) in [5.74, 6) is 0. The lowest BCUT2D eigenvalue weighted by Gasteiger charge is -2.03. The van der Waals surface area contributed by atoms with E-state index in [2.05, 4.69) is 12.6 Å². The van der Waals surface area contributed by atoms with Gasteiger partial charge in [-0.15, -0.1) is 24.0 Å². The number of halogens is 2. The van der Waals surface area contributed by atoms with Crippen LogP contribution in [0.15, 0.2) is 22.4 Å². The molecular formula is C9H7F2NS2. The summed E-state index contributed by atoms with van der Waals surface area (Å²) in [6.07, 6.45) is -2.52. The normalized spacial score (nSPS) is 11.4. The largest absolute Gasteiger partial charge is 0.398 e. The van der Waals surface area contributed by atoms with Crippen molar-refractivity contribution in [2.75, 3.05) is 5.73 Å². The van der Waals surface area contributed by atoms with Gasteiger partial charge in [0, 0.05) is 16.0 Å². The number of nitrogens with two attached hydrogens (primary N) is 1. The zero-order chi connectivity index (χ0) is 10.3. The molecule has 2 aromatic rings. The highest BCUT2D eigenvalue weighted by Crippen LogP contribution is 2.34. The zero-order valence-electron chi connectivity index (χ0n) is 7.00. The van der Waals surface area contributed by atoms with Crippen molar-refractivity contribution in [3.05, 3.63) is 23.8 Å². The van der Waals surface area contributed by atoms with E-state index < -0.39 is 6.43 Å². The molecule has 0 aliphatic heterocycles. The topological polar surface area (TPSA) is 26.0 Å². The fourth-order valence-electron chi connectivity index (χ4n) is 1.30. The molecule has 0 atom stereocenters. The van der Waals surface area contributed by atoms with Gasteiger partial charge in [0.1, 0.15) is 0 Å². The number of anilines is 1. The summed E-state index contributed by atoms with van der Waals surface area (Å²) >= 11 is 5.52. The highest BCUT2D eigenvalue weighted by atomic mass is 32.2. The minimum absolute atomic E-state index is 0.104. The van der Waals surface area contributed by atoms with Gasteiger partial charge in [-0.05, 0) is 23.6 Å². The Hall–Kier alpha value is -0.810. The Bertz CT molecular complexity index is 479. The second-order valence-corrected chi connectivity index (χ2v) is 4.77. The fraction of sp³-hybridized carbons (Fsp3) is 0.111. The van der Waals surface area contributed by atoms with Crippen molar-refractivity contribution in [2.45, 2.75) is 10.6 Å². The second-order valence-electron chi connectivity index (χ2n) is 2.90. The fourth-order valence-corrected chi connectivity index (χ4v) is 2.56. The van der Waals surface area contributed by atoms with Crippen LogP contribution in [0.2, 0.25) is 0 Å². The van der Waals surface area contributed by atoms with E-state index in [1.54, 1.807) is 6.07 Å². The summed E-state index contributed by atoms with van der Waals surface area (Å²) in [6.45, 7) is 0. The molecular weight excluding hydrogens is 224 g/mol. The molecule has 0 saturated heterocycles. The molecule has 0 aliphatic carbocycles. The van der Waals surface area contributed by atoms with Crippen LogP contribution >= 0.6 is 24.0 Å². The first kappa shape index (κ1) is 9.73. The first-order chi connectivity index (χ1) is 6.58. The first-order valence-electron chi connectivity index (χ1n) is 3.88.